The summed E-state index contributed by atoms with van der Waals surface area (Å²) in [6, 6.07) is 10.8. The lowest BCUT2D eigenvalue weighted by molar-refractivity contribution is 0.570. The van der Waals surface area contributed by atoms with Crippen molar-refractivity contribution in [2.75, 3.05) is 13.6 Å². The van der Waals surface area contributed by atoms with Gasteiger partial charge in [-0.3, -0.25) is 0 Å². The van der Waals surface area contributed by atoms with Crippen LogP contribution < -0.4 is 5.32 Å². The molecule has 1 heteroatoms. The standard InChI is InChI=1S/C16H27N/c1-17-15-11-6-4-2-3-5-8-12-16-13-9-7-10-14-16/h7,9-10,13-14,17H,2-6,8,11-12,15H2,1H3. The summed E-state index contributed by atoms with van der Waals surface area (Å²) < 4.78 is 0. The van der Waals surface area contributed by atoms with E-state index < -0.39 is 0 Å². The van der Waals surface area contributed by atoms with Gasteiger partial charge in [0.1, 0.15) is 0 Å². The van der Waals surface area contributed by atoms with Crippen molar-refractivity contribution in [2.24, 2.45) is 0 Å². The van der Waals surface area contributed by atoms with E-state index in [0.717, 1.165) is 0 Å². The van der Waals surface area contributed by atoms with Gasteiger partial charge in [0.2, 0.25) is 0 Å². The van der Waals surface area contributed by atoms with Gasteiger partial charge in [0.05, 0.1) is 0 Å². The Morgan fingerprint density at radius 2 is 1.35 bits per heavy atom. The number of nitrogens with one attached hydrogen (secondary N) is 1. The lowest BCUT2D eigenvalue weighted by atomic mass is 10.0. The predicted molar refractivity (Wildman–Crippen MR) is 76.4 cm³/mol. The Kier molecular flexibility index (Phi) is 8.66. The molecule has 0 aromatic heterocycles. The third kappa shape index (κ3) is 7.98. The summed E-state index contributed by atoms with van der Waals surface area (Å²) >= 11 is 0. The molecule has 0 fully saturated rings. The summed E-state index contributed by atoms with van der Waals surface area (Å²) in [6.45, 7) is 1.17. The number of hydrogen-bond acceptors (Lipinski definition) is 1. The van der Waals surface area contributed by atoms with E-state index in [9.17, 15) is 0 Å². The number of aryl methyl sites for hydroxylation is 1. The quantitative estimate of drug-likeness (QED) is 0.598. The first-order valence-corrected chi connectivity index (χ1v) is 7.12. The SMILES string of the molecule is CNCCCCCCCCCc1ccccc1. The van der Waals surface area contributed by atoms with Crippen molar-refractivity contribution in [3.05, 3.63) is 35.9 Å². The summed E-state index contributed by atoms with van der Waals surface area (Å²) in [5.74, 6) is 0. The minimum atomic E-state index is 1.17. The minimum absolute atomic E-state index is 1.17. The van der Waals surface area contributed by atoms with E-state index in [0.29, 0.717) is 0 Å². The van der Waals surface area contributed by atoms with Gasteiger partial charge < -0.3 is 5.32 Å². The first-order valence-electron chi connectivity index (χ1n) is 7.12. The maximum atomic E-state index is 3.20. The van der Waals surface area contributed by atoms with Crippen LogP contribution in [0, 0.1) is 0 Å². The van der Waals surface area contributed by atoms with Crippen LogP contribution in [0.15, 0.2) is 30.3 Å². The lowest BCUT2D eigenvalue weighted by Crippen LogP contribution is -2.06. The molecule has 0 amide bonds. The molecular weight excluding hydrogens is 206 g/mol. The van der Waals surface area contributed by atoms with Gasteiger partial charge in [-0.15, -0.1) is 0 Å². The molecule has 0 aliphatic heterocycles. The van der Waals surface area contributed by atoms with Gasteiger partial charge in [-0.05, 0) is 38.4 Å². The van der Waals surface area contributed by atoms with Crippen LogP contribution in [0.2, 0.25) is 0 Å². The van der Waals surface area contributed by atoms with Crippen molar-refractivity contribution in [1.82, 2.24) is 5.32 Å². The first-order chi connectivity index (χ1) is 8.43. The van der Waals surface area contributed by atoms with Crippen LogP contribution in [0.4, 0.5) is 0 Å². The third-order valence-corrected chi connectivity index (χ3v) is 3.24. The minimum Gasteiger partial charge on any atom is -0.320 e. The maximum Gasteiger partial charge on any atom is -0.00519 e. The molecule has 1 nitrogen and oxygen atoms in total. The van der Waals surface area contributed by atoms with Crippen molar-refractivity contribution < 1.29 is 0 Å². The van der Waals surface area contributed by atoms with Crippen LogP contribution in [0.25, 0.3) is 0 Å². The second kappa shape index (κ2) is 10.3. The van der Waals surface area contributed by atoms with Crippen molar-refractivity contribution in [2.45, 2.75) is 51.4 Å². The van der Waals surface area contributed by atoms with Crippen LogP contribution in [0.3, 0.4) is 0 Å². The molecule has 0 spiro atoms. The molecule has 96 valence electrons. The normalized spacial score (nSPS) is 10.6. The fraction of sp³-hybridized carbons (Fsp3) is 0.625. The molecule has 0 saturated heterocycles. The second-order valence-corrected chi connectivity index (χ2v) is 4.81. The topological polar surface area (TPSA) is 12.0 Å². The van der Waals surface area contributed by atoms with Crippen LogP contribution in [-0.4, -0.2) is 13.6 Å². The molecular formula is C16H27N. The molecule has 0 heterocycles. The molecule has 1 N–H and O–H groups in total. The van der Waals surface area contributed by atoms with Crippen LogP contribution in [0.5, 0.6) is 0 Å². The largest absolute Gasteiger partial charge is 0.320 e. The monoisotopic (exact) mass is 233 g/mol. The van der Waals surface area contributed by atoms with Crippen LogP contribution in [0.1, 0.15) is 50.5 Å². The Bertz CT molecular complexity index is 255. The van der Waals surface area contributed by atoms with Crippen molar-refractivity contribution in [3.63, 3.8) is 0 Å². The maximum absolute atomic E-state index is 3.20. The summed E-state index contributed by atoms with van der Waals surface area (Å²) in [5, 5.41) is 3.20. The Hall–Kier alpha value is -0.820. The zero-order chi connectivity index (χ0) is 12.2. The van der Waals surface area contributed by atoms with Gasteiger partial charge in [-0.1, -0.05) is 62.4 Å². The van der Waals surface area contributed by atoms with Gasteiger partial charge in [-0.25, -0.2) is 0 Å². The van der Waals surface area contributed by atoms with Crippen molar-refractivity contribution in [1.29, 1.82) is 0 Å². The lowest BCUT2D eigenvalue weighted by Gasteiger charge is -2.02. The second-order valence-electron chi connectivity index (χ2n) is 4.81. The Morgan fingerprint density at radius 1 is 0.765 bits per heavy atom. The van der Waals surface area contributed by atoms with E-state index in [1.54, 1.807) is 0 Å². The highest BCUT2D eigenvalue weighted by Gasteiger charge is 1.93. The smallest absolute Gasteiger partial charge is 0.00519 e. The third-order valence-electron chi connectivity index (χ3n) is 3.24. The number of benzene rings is 1. The van der Waals surface area contributed by atoms with Gasteiger partial charge in [0.15, 0.2) is 0 Å². The Labute approximate surface area is 107 Å². The zero-order valence-corrected chi connectivity index (χ0v) is 11.3. The van der Waals surface area contributed by atoms with E-state index in [-0.39, 0.29) is 0 Å². The molecule has 17 heavy (non-hydrogen) atoms. The molecule has 1 aromatic carbocycles. The summed E-state index contributed by atoms with van der Waals surface area (Å²) in [4.78, 5) is 0. The van der Waals surface area contributed by atoms with Crippen molar-refractivity contribution >= 4 is 0 Å². The van der Waals surface area contributed by atoms with E-state index in [4.69, 9.17) is 0 Å². The number of hydrogen-bond donors (Lipinski definition) is 1. The molecule has 0 aliphatic carbocycles. The van der Waals surface area contributed by atoms with Crippen LogP contribution in [-0.2, 0) is 6.42 Å². The molecule has 0 aliphatic rings. The van der Waals surface area contributed by atoms with Gasteiger partial charge in [0, 0.05) is 0 Å². The number of unbranched alkanes of at least 4 members (excludes halogenated alkanes) is 6. The molecule has 0 unspecified atom stereocenters. The molecule has 1 rings (SSSR count). The highest BCUT2D eigenvalue weighted by Crippen LogP contribution is 2.10. The molecule has 0 bridgehead atoms. The van der Waals surface area contributed by atoms with Gasteiger partial charge >= 0.3 is 0 Å². The molecule has 0 saturated carbocycles. The zero-order valence-electron chi connectivity index (χ0n) is 11.3. The Balaban J connectivity index is 1.85. The fourth-order valence-electron chi connectivity index (χ4n) is 2.16. The first kappa shape index (κ1) is 14.2. The average Bonchev–Trinajstić information content (AvgIpc) is 2.38. The van der Waals surface area contributed by atoms with Crippen LogP contribution >= 0.6 is 0 Å². The van der Waals surface area contributed by atoms with E-state index in [1.165, 1.54) is 63.5 Å². The predicted octanol–water partition coefficient (Wildman–Crippen LogP) is 4.18. The van der Waals surface area contributed by atoms with Gasteiger partial charge in [0.25, 0.3) is 0 Å². The highest BCUT2D eigenvalue weighted by molar-refractivity contribution is 5.14. The molecule has 0 radical (unpaired) electrons. The fourth-order valence-corrected chi connectivity index (χ4v) is 2.16. The summed E-state index contributed by atoms with van der Waals surface area (Å²) in [5.41, 5.74) is 1.49. The van der Waals surface area contributed by atoms with Crippen molar-refractivity contribution in [3.8, 4) is 0 Å². The van der Waals surface area contributed by atoms with E-state index >= 15 is 0 Å². The van der Waals surface area contributed by atoms with Gasteiger partial charge in [-0.2, -0.15) is 0 Å². The van der Waals surface area contributed by atoms with E-state index in [1.807, 2.05) is 7.05 Å². The molecule has 1 aromatic rings. The average molecular weight is 233 g/mol. The summed E-state index contributed by atoms with van der Waals surface area (Å²) in [7, 11) is 2.03. The molecule has 0 atom stereocenters. The highest BCUT2D eigenvalue weighted by atomic mass is 14.8. The van der Waals surface area contributed by atoms with E-state index in [2.05, 4.69) is 35.6 Å². The number of rotatable bonds is 10. The Morgan fingerprint density at radius 3 is 2.00 bits per heavy atom. The summed E-state index contributed by atoms with van der Waals surface area (Å²) in [6.07, 6.45) is 10.9.